The Morgan fingerprint density at radius 1 is 1.11 bits per heavy atom. The molecule has 0 spiro atoms. The number of rotatable bonds is 3. The summed E-state index contributed by atoms with van der Waals surface area (Å²) in [6.45, 7) is 0. The number of nitrogens with one attached hydrogen (secondary N) is 1. The molecule has 0 atom stereocenters. The quantitative estimate of drug-likeness (QED) is 0.598. The molecule has 27 heavy (non-hydrogen) atoms. The zero-order chi connectivity index (χ0) is 19.0. The van der Waals surface area contributed by atoms with E-state index in [0.29, 0.717) is 11.0 Å². The SMILES string of the molecule is Cn1c(=O)c(-c2nnc(NC(=O)c3ccc(F)cc3)o2)nc2ccccc21. The van der Waals surface area contributed by atoms with Gasteiger partial charge >= 0.3 is 6.01 Å². The van der Waals surface area contributed by atoms with E-state index in [2.05, 4.69) is 20.5 Å². The highest BCUT2D eigenvalue weighted by molar-refractivity contribution is 6.03. The lowest BCUT2D eigenvalue weighted by Crippen LogP contribution is -2.20. The number of aryl methyl sites for hydroxylation is 1. The number of hydrogen-bond donors (Lipinski definition) is 1. The largest absolute Gasteiger partial charge is 0.401 e. The second-order valence-corrected chi connectivity index (χ2v) is 5.69. The zero-order valence-electron chi connectivity index (χ0n) is 14.0. The topological polar surface area (TPSA) is 103 Å². The predicted octanol–water partition coefficient (Wildman–Crippen LogP) is 2.37. The minimum atomic E-state index is -0.551. The number of nitrogens with zero attached hydrogens (tertiary/aromatic N) is 4. The summed E-state index contributed by atoms with van der Waals surface area (Å²) in [6, 6.07) is 11.9. The monoisotopic (exact) mass is 365 g/mol. The molecule has 4 aromatic rings. The minimum absolute atomic E-state index is 0.0222. The molecule has 0 aliphatic rings. The summed E-state index contributed by atoms with van der Waals surface area (Å²) in [5.41, 5.74) is 1.04. The van der Waals surface area contributed by atoms with Crippen LogP contribution in [-0.4, -0.2) is 25.7 Å². The second kappa shape index (κ2) is 6.45. The molecular formula is C18H12FN5O3. The third kappa shape index (κ3) is 3.06. The summed E-state index contributed by atoms with van der Waals surface area (Å²) in [5.74, 6) is -1.12. The minimum Gasteiger partial charge on any atom is -0.401 e. The van der Waals surface area contributed by atoms with E-state index in [9.17, 15) is 14.0 Å². The average molecular weight is 365 g/mol. The number of para-hydroxylation sites is 2. The third-order valence-electron chi connectivity index (χ3n) is 3.94. The van der Waals surface area contributed by atoms with E-state index < -0.39 is 17.3 Å². The van der Waals surface area contributed by atoms with Crippen molar-refractivity contribution in [3.8, 4) is 11.6 Å². The molecule has 0 fully saturated rings. The van der Waals surface area contributed by atoms with Gasteiger partial charge in [-0.3, -0.25) is 14.9 Å². The maximum absolute atomic E-state index is 12.9. The van der Waals surface area contributed by atoms with Crippen LogP contribution in [0.1, 0.15) is 10.4 Å². The molecule has 0 radical (unpaired) electrons. The van der Waals surface area contributed by atoms with E-state index in [4.69, 9.17) is 4.42 Å². The fraction of sp³-hybridized carbons (Fsp3) is 0.0556. The van der Waals surface area contributed by atoms with Crippen LogP contribution in [0.5, 0.6) is 0 Å². The van der Waals surface area contributed by atoms with Crippen LogP contribution in [0.15, 0.2) is 57.7 Å². The summed E-state index contributed by atoms with van der Waals surface area (Å²) in [5, 5.41) is 9.91. The van der Waals surface area contributed by atoms with Crippen LogP contribution in [0.4, 0.5) is 10.4 Å². The van der Waals surface area contributed by atoms with Crippen molar-refractivity contribution in [2.75, 3.05) is 5.32 Å². The molecule has 4 rings (SSSR count). The molecule has 1 amide bonds. The summed E-state index contributed by atoms with van der Waals surface area (Å²) in [4.78, 5) is 28.9. The molecule has 0 aliphatic heterocycles. The first-order valence-electron chi connectivity index (χ1n) is 7.89. The number of carbonyl (C=O) groups is 1. The van der Waals surface area contributed by atoms with Crippen molar-refractivity contribution in [1.29, 1.82) is 0 Å². The number of anilines is 1. The van der Waals surface area contributed by atoms with Gasteiger partial charge in [0.05, 0.1) is 11.0 Å². The van der Waals surface area contributed by atoms with E-state index in [0.717, 1.165) is 12.1 Å². The average Bonchev–Trinajstić information content (AvgIpc) is 3.13. The Balaban J connectivity index is 1.66. The van der Waals surface area contributed by atoms with Crippen molar-refractivity contribution >= 4 is 23.0 Å². The van der Waals surface area contributed by atoms with E-state index in [-0.39, 0.29) is 23.2 Å². The number of hydrogen-bond acceptors (Lipinski definition) is 6. The van der Waals surface area contributed by atoms with Gasteiger partial charge in [0.25, 0.3) is 17.4 Å². The summed E-state index contributed by atoms with van der Waals surface area (Å²) in [7, 11) is 1.61. The standard InChI is InChI=1S/C18H12FN5O3/c1-24-13-5-3-2-4-12(13)20-14(17(24)26)16-22-23-18(27-16)21-15(25)10-6-8-11(19)9-7-10/h2-9H,1H3,(H,21,23,25). The summed E-state index contributed by atoms with van der Waals surface area (Å²) < 4.78 is 19.7. The Bertz CT molecular complexity index is 1210. The number of carbonyl (C=O) groups excluding carboxylic acids is 1. The molecule has 1 N–H and O–H groups in total. The Labute approximate surface area is 151 Å². The van der Waals surface area contributed by atoms with Gasteiger partial charge in [-0.15, -0.1) is 5.10 Å². The second-order valence-electron chi connectivity index (χ2n) is 5.69. The number of amides is 1. The molecule has 0 saturated heterocycles. The summed E-state index contributed by atoms with van der Waals surface area (Å²) in [6.07, 6.45) is 0. The van der Waals surface area contributed by atoms with E-state index in [1.165, 1.54) is 16.7 Å². The Morgan fingerprint density at radius 3 is 2.63 bits per heavy atom. The van der Waals surface area contributed by atoms with Crippen molar-refractivity contribution in [2.24, 2.45) is 7.05 Å². The first kappa shape index (κ1) is 16.6. The molecule has 0 unspecified atom stereocenters. The van der Waals surface area contributed by atoms with Gasteiger partial charge in [-0.25, -0.2) is 9.37 Å². The van der Waals surface area contributed by atoms with E-state index >= 15 is 0 Å². The third-order valence-corrected chi connectivity index (χ3v) is 3.94. The van der Waals surface area contributed by atoms with Gasteiger partial charge in [-0.1, -0.05) is 17.2 Å². The van der Waals surface area contributed by atoms with Crippen LogP contribution in [0.2, 0.25) is 0 Å². The lowest BCUT2D eigenvalue weighted by molar-refractivity contribution is 0.102. The van der Waals surface area contributed by atoms with Gasteiger partial charge in [0.1, 0.15) is 5.82 Å². The normalized spacial score (nSPS) is 10.9. The van der Waals surface area contributed by atoms with Gasteiger partial charge in [-0.05, 0) is 36.4 Å². The molecule has 0 bridgehead atoms. The maximum atomic E-state index is 12.9. The van der Waals surface area contributed by atoms with Crippen LogP contribution >= 0.6 is 0 Å². The first-order chi connectivity index (χ1) is 13.0. The fourth-order valence-corrected chi connectivity index (χ4v) is 2.56. The highest BCUT2D eigenvalue weighted by atomic mass is 19.1. The zero-order valence-corrected chi connectivity index (χ0v) is 14.0. The Kier molecular flexibility index (Phi) is 3.96. The molecule has 0 saturated carbocycles. The molecule has 8 nitrogen and oxygen atoms in total. The Morgan fingerprint density at radius 2 is 1.85 bits per heavy atom. The van der Waals surface area contributed by atoms with Crippen LogP contribution in [0.25, 0.3) is 22.6 Å². The van der Waals surface area contributed by atoms with Crippen LogP contribution < -0.4 is 10.9 Å². The van der Waals surface area contributed by atoms with Crippen molar-refractivity contribution in [1.82, 2.24) is 19.7 Å². The molecule has 0 aliphatic carbocycles. The number of fused-ring (bicyclic) bond motifs is 1. The lowest BCUT2D eigenvalue weighted by Gasteiger charge is -2.05. The van der Waals surface area contributed by atoms with Crippen molar-refractivity contribution < 1.29 is 13.6 Å². The highest BCUT2D eigenvalue weighted by Crippen LogP contribution is 2.18. The van der Waals surface area contributed by atoms with E-state index in [1.807, 2.05) is 0 Å². The maximum Gasteiger partial charge on any atom is 0.322 e. The number of aromatic nitrogens is 4. The number of halogens is 1. The van der Waals surface area contributed by atoms with Gasteiger partial charge in [0.2, 0.25) is 0 Å². The smallest absolute Gasteiger partial charge is 0.322 e. The van der Waals surface area contributed by atoms with Crippen molar-refractivity contribution in [2.45, 2.75) is 0 Å². The molecule has 9 heteroatoms. The molecular weight excluding hydrogens is 353 g/mol. The van der Waals surface area contributed by atoms with Crippen LogP contribution in [0, 0.1) is 5.82 Å². The van der Waals surface area contributed by atoms with Crippen LogP contribution in [-0.2, 0) is 7.05 Å². The number of benzene rings is 2. The fourth-order valence-electron chi connectivity index (χ4n) is 2.56. The first-order valence-corrected chi connectivity index (χ1v) is 7.89. The van der Waals surface area contributed by atoms with Crippen molar-refractivity contribution in [3.05, 3.63) is 70.3 Å². The predicted molar refractivity (Wildman–Crippen MR) is 94.6 cm³/mol. The van der Waals surface area contributed by atoms with Crippen LogP contribution in [0.3, 0.4) is 0 Å². The molecule has 2 heterocycles. The Hall–Kier alpha value is -3.88. The molecule has 2 aromatic carbocycles. The molecule has 134 valence electrons. The summed E-state index contributed by atoms with van der Waals surface area (Å²) >= 11 is 0. The van der Waals surface area contributed by atoms with Gasteiger partial charge in [-0.2, -0.15) is 0 Å². The van der Waals surface area contributed by atoms with E-state index in [1.54, 1.807) is 31.3 Å². The molecule has 2 aromatic heterocycles. The van der Waals surface area contributed by atoms with Crippen molar-refractivity contribution in [3.63, 3.8) is 0 Å². The van der Waals surface area contributed by atoms with Gasteiger partial charge in [0, 0.05) is 12.6 Å². The van der Waals surface area contributed by atoms with Gasteiger partial charge < -0.3 is 8.98 Å². The lowest BCUT2D eigenvalue weighted by atomic mass is 10.2. The highest BCUT2D eigenvalue weighted by Gasteiger charge is 2.18. The van der Waals surface area contributed by atoms with Gasteiger partial charge in [0.15, 0.2) is 5.69 Å².